The number of hydrogen-bond acceptors (Lipinski definition) is 4. The van der Waals surface area contributed by atoms with Crippen LogP contribution in [0, 0.1) is 5.92 Å². The summed E-state index contributed by atoms with van der Waals surface area (Å²) in [4.78, 5) is 54.6. The topological polar surface area (TPSA) is 82.9 Å². The summed E-state index contributed by atoms with van der Waals surface area (Å²) in [5.74, 6) is -0.713. The van der Waals surface area contributed by atoms with Crippen LogP contribution < -0.4 is 5.56 Å². The number of aryl methyl sites for hydroxylation is 1. The predicted octanol–water partition coefficient (Wildman–Crippen LogP) is 0.0194. The Labute approximate surface area is 158 Å². The highest BCUT2D eigenvalue weighted by atomic mass is 16.2. The number of aromatic nitrogens is 1. The van der Waals surface area contributed by atoms with Crippen molar-refractivity contribution in [2.45, 2.75) is 32.4 Å². The second-order valence-corrected chi connectivity index (χ2v) is 7.43. The summed E-state index contributed by atoms with van der Waals surface area (Å²) >= 11 is 0. The van der Waals surface area contributed by atoms with Crippen LogP contribution in [0.2, 0.25) is 0 Å². The molecule has 3 amide bonds. The van der Waals surface area contributed by atoms with Gasteiger partial charge in [-0.2, -0.15) is 0 Å². The number of nitrogens with zero attached hydrogens (tertiary/aromatic N) is 4. The molecule has 0 aromatic carbocycles. The number of piperidine rings is 1. The van der Waals surface area contributed by atoms with Crippen molar-refractivity contribution in [2.75, 3.05) is 33.7 Å². The summed E-state index contributed by atoms with van der Waals surface area (Å²) in [6.45, 7) is 3.17. The Hall–Kier alpha value is -2.64. The van der Waals surface area contributed by atoms with Gasteiger partial charge in [0.1, 0.15) is 6.54 Å². The van der Waals surface area contributed by atoms with Crippen molar-refractivity contribution >= 4 is 17.7 Å². The molecule has 4 heterocycles. The molecule has 0 radical (unpaired) electrons. The SMILES string of the molecule is CCn1ccc(C(=O)N2C[C@H]3CC[C@@H](C2)N(CC(=O)N(C)C)C3=O)cc1=O. The van der Waals surface area contributed by atoms with Gasteiger partial charge in [0.25, 0.3) is 11.5 Å². The number of carbonyl (C=O) groups is 3. The van der Waals surface area contributed by atoms with Crippen LogP contribution in [0.25, 0.3) is 0 Å². The van der Waals surface area contributed by atoms with Crippen molar-refractivity contribution in [3.05, 3.63) is 34.2 Å². The van der Waals surface area contributed by atoms with Crippen LogP contribution in [0.4, 0.5) is 0 Å². The minimum atomic E-state index is -0.293. The van der Waals surface area contributed by atoms with Gasteiger partial charge in [-0.15, -0.1) is 0 Å². The first-order valence-electron chi connectivity index (χ1n) is 9.32. The van der Waals surface area contributed by atoms with Gasteiger partial charge in [-0.05, 0) is 25.8 Å². The molecule has 0 N–H and O–H groups in total. The number of likely N-dealkylation sites (N-methyl/N-ethyl adjacent to an activating group) is 1. The Morgan fingerprint density at radius 2 is 1.93 bits per heavy atom. The Kier molecular flexibility index (Phi) is 5.34. The fourth-order valence-electron chi connectivity index (χ4n) is 3.79. The third kappa shape index (κ3) is 3.74. The zero-order chi connectivity index (χ0) is 19.7. The van der Waals surface area contributed by atoms with E-state index >= 15 is 0 Å². The molecule has 1 aromatic heterocycles. The summed E-state index contributed by atoms with van der Waals surface area (Å²) in [6, 6.07) is 2.84. The lowest BCUT2D eigenvalue weighted by Crippen LogP contribution is -2.51. The smallest absolute Gasteiger partial charge is 0.254 e. The van der Waals surface area contributed by atoms with E-state index in [4.69, 9.17) is 0 Å². The minimum Gasteiger partial charge on any atom is -0.347 e. The fourth-order valence-corrected chi connectivity index (χ4v) is 3.79. The van der Waals surface area contributed by atoms with Crippen molar-refractivity contribution in [3.63, 3.8) is 0 Å². The molecule has 8 nitrogen and oxygen atoms in total. The zero-order valence-corrected chi connectivity index (χ0v) is 16.1. The first-order valence-corrected chi connectivity index (χ1v) is 9.32. The van der Waals surface area contributed by atoms with Gasteiger partial charge >= 0.3 is 0 Å². The molecule has 3 aliphatic rings. The maximum Gasteiger partial charge on any atom is 0.254 e. The fraction of sp³-hybridized carbons (Fsp3) is 0.579. The van der Waals surface area contributed by atoms with Gasteiger partial charge in [-0.25, -0.2) is 0 Å². The molecule has 3 fully saturated rings. The van der Waals surface area contributed by atoms with Crippen LogP contribution in [0.3, 0.4) is 0 Å². The average Bonchev–Trinajstić information content (AvgIpc) is 2.93. The highest BCUT2D eigenvalue weighted by molar-refractivity contribution is 5.95. The molecule has 3 saturated heterocycles. The molecule has 4 rings (SSSR count). The van der Waals surface area contributed by atoms with Gasteiger partial charge < -0.3 is 19.3 Å². The lowest BCUT2D eigenvalue weighted by atomic mass is 9.94. The Morgan fingerprint density at radius 1 is 1.19 bits per heavy atom. The monoisotopic (exact) mass is 374 g/mol. The molecule has 3 aliphatic heterocycles. The molecule has 0 unspecified atom stereocenters. The quantitative estimate of drug-likeness (QED) is 0.744. The number of hydrogen-bond donors (Lipinski definition) is 0. The highest BCUT2D eigenvalue weighted by Crippen LogP contribution is 2.29. The van der Waals surface area contributed by atoms with Crippen molar-refractivity contribution in [3.8, 4) is 0 Å². The maximum absolute atomic E-state index is 12.9. The van der Waals surface area contributed by atoms with Crippen LogP contribution >= 0.6 is 0 Å². The van der Waals surface area contributed by atoms with E-state index in [1.165, 1.54) is 15.5 Å². The van der Waals surface area contributed by atoms with E-state index in [-0.39, 0.29) is 41.8 Å². The van der Waals surface area contributed by atoms with E-state index < -0.39 is 0 Å². The van der Waals surface area contributed by atoms with E-state index in [9.17, 15) is 19.2 Å². The molecule has 2 atom stereocenters. The summed E-state index contributed by atoms with van der Waals surface area (Å²) in [5, 5.41) is 0. The number of rotatable bonds is 4. The standard InChI is InChI=1S/C19H26N4O4/c1-4-21-8-7-13(9-16(21)24)18(26)22-10-14-5-6-15(11-22)23(19(14)27)12-17(25)20(2)3/h7-9,14-15H,4-6,10-12H2,1-3H3/t14-,15+/m1/s1. The second-order valence-electron chi connectivity index (χ2n) is 7.43. The number of fused-ring (bicyclic) bond motifs is 4. The van der Waals surface area contributed by atoms with E-state index in [1.54, 1.807) is 36.2 Å². The molecule has 0 aliphatic carbocycles. The maximum atomic E-state index is 12.9. The largest absolute Gasteiger partial charge is 0.347 e. The molecule has 146 valence electrons. The third-order valence-corrected chi connectivity index (χ3v) is 5.47. The number of carbonyl (C=O) groups excluding carboxylic acids is 3. The van der Waals surface area contributed by atoms with Gasteiger partial charge in [0.2, 0.25) is 11.8 Å². The van der Waals surface area contributed by atoms with Crippen LogP contribution in [-0.2, 0) is 16.1 Å². The third-order valence-electron chi connectivity index (χ3n) is 5.47. The van der Waals surface area contributed by atoms with Crippen LogP contribution in [0.15, 0.2) is 23.1 Å². The van der Waals surface area contributed by atoms with Gasteiger partial charge in [0, 0.05) is 57.6 Å². The molecule has 8 heteroatoms. The van der Waals surface area contributed by atoms with Crippen molar-refractivity contribution in [1.29, 1.82) is 0 Å². The van der Waals surface area contributed by atoms with E-state index in [0.29, 0.717) is 25.2 Å². The summed E-state index contributed by atoms with van der Waals surface area (Å²) in [5.41, 5.74) is 0.129. The molecule has 2 bridgehead atoms. The Morgan fingerprint density at radius 3 is 2.56 bits per heavy atom. The predicted molar refractivity (Wildman–Crippen MR) is 99.2 cm³/mol. The number of pyridine rings is 1. The summed E-state index contributed by atoms with van der Waals surface area (Å²) in [7, 11) is 3.33. The van der Waals surface area contributed by atoms with Crippen LogP contribution in [0.5, 0.6) is 0 Å². The molecule has 0 saturated carbocycles. The molecule has 27 heavy (non-hydrogen) atoms. The van der Waals surface area contributed by atoms with Gasteiger partial charge in [0.05, 0.1) is 5.92 Å². The molecule has 1 aromatic rings. The minimum absolute atomic E-state index is 0.0432. The van der Waals surface area contributed by atoms with Crippen molar-refractivity contribution < 1.29 is 14.4 Å². The lowest BCUT2D eigenvalue weighted by molar-refractivity contribution is -0.145. The van der Waals surface area contributed by atoms with Crippen molar-refractivity contribution in [1.82, 2.24) is 19.3 Å². The average molecular weight is 374 g/mol. The first kappa shape index (κ1) is 19.1. The normalized spacial score (nSPS) is 22.0. The van der Waals surface area contributed by atoms with Gasteiger partial charge in [-0.3, -0.25) is 19.2 Å². The lowest BCUT2D eigenvalue weighted by Gasteiger charge is -2.35. The number of amides is 3. The molecule has 0 spiro atoms. The van der Waals surface area contributed by atoms with Crippen molar-refractivity contribution in [2.24, 2.45) is 5.92 Å². The van der Waals surface area contributed by atoms with Gasteiger partial charge in [-0.1, -0.05) is 0 Å². The zero-order valence-electron chi connectivity index (χ0n) is 16.1. The Balaban J connectivity index is 1.80. The van der Waals surface area contributed by atoms with E-state index in [0.717, 1.165) is 12.8 Å². The first-order chi connectivity index (χ1) is 12.8. The molecular weight excluding hydrogens is 348 g/mol. The van der Waals surface area contributed by atoms with Crippen LogP contribution in [0.1, 0.15) is 30.1 Å². The summed E-state index contributed by atoms with van der Waals surface area (Å²) < 4.78 is 1.53. The van der Waals surface area contributed by atoms with E-state index in [2.05, 4.69) is 0 Å². The summed E-state index contributed by atoms with van der Waals surface area (Å²) in [6.07, 6.45) is 3.12. The van der Waals surface area contributed by atoms with Crippen LogP contribution in [-0.4, -0.2) is 76.8 Å². The second kappa shape index (κ2) is 7.54. The van der Waals surface area contributed by atoms with E-state index in [1.807, 2.05) is 6.92 Å². The van der Waals surface area contributed by atoms with Gasteiger partial charge in [0.15, 0.2) is 0 Å². The Bertz CT molecular complexity index is 816. The molecular formula is C19H26N4O4. The highest BCUT2D eigenvalue weighted by Gasteiger charge is 2.42.